The quantitative estimate of drug-likeness (QED) is 0.786. The van der Waals surface area contributed by atoms with E-state index in [0.29, 0.717) is 25.3 Å². The van der Waals surface area contributed by atoms with Crippen molar-refractivity contribution in [2.75, 3.05) is 33.7 Å². The van der Waals surface area contributed by atoms with Gasteiger partial charge >= 0.3 is 0 Å². The van der Waals surface area contributed by atoms with Gasteiger partial charge in [-0.1, -0.05) is 6.07 Å². The summed E-state index contributed by atoms with van der Waals surface area (Å²) in [5.74, 6) is -0.191. The van der Waals surface area contributed by atoms with E-state index in [1.165, 1.54) is 0 Å². The molecule has 1 atom stereocenters. The molecular weight excluding hydrogens is 244 g/mol. The number of hydrogen-bond acceptors (Lipinski definition) is 4. The monoisotopic (exact) mass is 262 g/mol. The number of pyridine rings is 1. The number of amides is 2. The normalized spacial score (nSPS) is 20.1. The summed E-state index contributed by atoms with van der Waals surface area (Å²) >= 11 is 0. The van der Waals surface area contributed by atoms with Crippen LogP contribution in [0.2, 0.25) is 0 Å². The summed E-state index contributed by atoms with van der Waals surface area (Å²) < 4.78 is 0. The highest BCUT2D eigenvalue weighted by Crippen LogP contribution is 2.11. The van der Waals surface area contributed by atoms with Gasteiger partial charge in [-0.3, -0.25) is 19.5 Å². The van der Waals surface area contributed by atoms with Gasteiger partial charge in [0.2, 0.25) is 5.91 Å². The molecule has 1 saturated heterocycles. The van der Waals surface area contributed by atoms with E-state index in [1.54, 1.807) is 36.3 Å². The number of hydrogen-bond donors (Lipinski definition) is 1. The Balaban J connectivity index is 2.10. The molecule has 1 aromatic heterocycles. The van der Waals surface area contributed by atoms with E-state index in [9.17, 15) is 9.59 Å². The third-order valence-electron chi connectivity index (χ3n) is 3.37. The minimum atomic E-state index is -0.300. The second kappa shape index (κ2) is 5.79. The number of piperazine rings is 1. The Morgan fingerprint density at radius 3 is 2.79 bits per heavy atom. The molecule has 1 aliphatic rings. The molecule has 0 spiro atoms. The fraction of sp³-hybridized carbons (Fsp3) is 0.462. The van der Waals surface area contributed by atoms with E-state index in [-0.39, 0.29) is 17.9 Å². The molecule has 1 unspecified atom stereocenters. The molecule has 6 nitrogen and oxygen atoms in total. The molecular formula is C13H18N4O2. The maximum Gasteiger partial charge on any atom is 0.272 e. The number of likely N-dealkylation sites (N-methyl/N-ethyl adjacent to an activating group) is 2. The predicted molar refractivity (Wildman–Crippen MR) is 70.6 cm³/mol. The van der Waals surface area contributed by atoms with E-state index < -0.39 is 0 Å². The van der Waals surface area contributed by atoms with Crippen molar-refractivity contribution < 1.29 is 9.59 Å². The SMILES string of the molecule is CNC(=O)C1CN(C(=O)c2ccccn2)CCN1C. The van der Waals surface area contributed by atoms with E-state index in [2.05, 4.69) is 10.3 Å². The molecule has 0 aliphatic carbocycles. The summed E-state index contributed by atoms with van der Waals surface area (Å²) in [5, 5.41) is 2.63. The second-order valence-corrected chi connectivity index (χ2v) is 4.58. The molecule has 1 fully saturated rings. The van der Waals surface area contributed by atoms with Gasteiger partial charge in [0.25, 0.3) is 5.91 Å². The van der Waals surface area contributed by atoms with Crippen LogP contribution in [0.5, 0.6) is 0 Å². The summed E-state index contributed by atoms with van der Waals surface area (Å²) in [5.41, 5.74) is 0.419. The number of rotatable bonds is 2. The Labute approximate surface area is 112 Å². The number of carbonyl (C=O) groups excluding carboxylic acids is 2. The van der Waals surface area contributed by atoms with Gasteiger partial charge in [0.1, 0.15) is 11.7 Å². The standard InChI is InChI=1S/C13H18N4O2/c1-14-12(18)11-9-17(8-7-16(11)2)13(19)10-5-3-4-6-15-10/h3-6,11H,7-9H2,1-2H3,(H,14,18). The van der Waals surface area contributed by atoms with Crippen LogP contribution in [0.25, 0.3) is 0 Å². The Hall–Kier alpha value is -1.95. The van der Waals surface area contributed by atoms with Gasteiger partial charge < -0.3 is 10.2 Å². The highest BCUT2D eigenvalue weighted by Gasteiger charge is 2.32. The molecule has 0 bridgehead atoms. The lowest BCUT2D eigenvalue weighted by Crippen LogP contribution is -2.58. The first kappa shape index (κ1) is 13.5. The van der Waals surface area contributed by atoms with E-state index in [4.69, 9.17) is 0 Å². The zero-order valence-corrected chi connectivity index (χ0v) is 11.2. The molecule has 2 rings (SSSR count). The van der Waals surface area contributed by atoms with E-state index in [0.717, 1.165) is 0 Å². The molecule has 19 heavy (non-hydrogen) atoms. The number of carbonyl (C=O) groups is 2. The average molecular weight is 262 g/mol. The predicted octanol–water partition coefficient (Wildman–Crippen LogP) is -0.416. The van der Waals surface area contributed by atoms with Gasteiger partial charge in [-0.2, -0.15) is 0 Å². The minimum absolute atomic E-state index is 0.0685. The van der Waals surface area contributed by atoms with Crippen LogP contribution < -0.4 is 5.32 Å². The van der Waals surface area contributed by atoms with Gasteiger partial charge in [0.15, 0.2) is 0 Å². The summed E-state index contributed by atoms with van der Waals surface area (Å²) in [6.07, 6.45) is 1.60. The minimum Gasteiger partial charge on any atom is -0.358 e. The Kier molecular flexibility index (Phi) is 4.11. The van der Waals surface area contributed by atoms with Crippen molar-refractivity contribution in [2.24, 2.45) is 0 Å². The lowest BCUT2D eigenvalue weighted by Gasteiger charge is -2.38. The van der Waals surface area contributed by atoms with Gasteiger partial charge in [-0.05, 0) is 19.2 Å². The van der Waals surface area contributed by atoms with Crippen molar-refractivity contribution in [2.45, 2.75) is 6.04 Å². The molecule has 2 amide bonds. The zero-order chi connectivity index (χ0) is 13.8. The lowest BCUT2D eigenvalue weighted by atomic mass is 10.1. The van der Waals surface area contributed by atoms with E-state index >= 15 is 0 Å². The number of aromatic nitrogens is 1. The fourth-order valence-electron chi connectivity index (χ4n) is 2.16. The second-order valence-electron chi connectivity index (χ2n) is 4.58. The average Bonchev–Trinajstić information content (AvgIpc) is 2.47. The highest BCUT2D eigenvalue weighted by atomic mass is 16.2. The smallest absolute Gasteiger partial charge is 0.272 e. The van der Waals surface area contributed by atoms with Crippen molar-refractivity contribution in [1.82, 2.24) is 20.1 Å². The summed E-state index contributed by atoms with van der Waals surface area (Å²) in [4.78, 5) is 31.8. The fourth-order valence-corrected chi connectivity index (χ4v) is 2.16. The third kappa shape index (κ3) is 2.90. The molecule has 102 valence electrons. The van der Waals surface area contributed by atoms with Crippen molar-refractivity contribution in [3.8, 4) is 0 Å². The Morgan fingerprint density at radius 2 is 2.16 bits per heavy atom. The largest absolute Gasteiger partial charge is 0.358 e. The number of nitrogens with one attached hydrogen (secondary N) is 1. The summed E-state index contributed by atoms with van der Waals surface area (Å²) in [6.45, 7) is 1.68. The van der Waals surface area contributed by atoms with Crippen LogP contribution in [0, 0.1) is 0 Å². The van der Waals surface area contributed by atoms with Crippen LogP contribution in [0.4, 0.5) is 0 Å². The highest BCUT2D eigenvalue weighted by molar-refractivity contribution is 5.93. The zero-order valence-electron chi connectivity index (χ0n) is 11.2. The van der Waals surface area contributed by atoms with Crippen molar-refractivity contribution >= 4 is 11.8 Å². The van der Waals surface area contributed by atoms with Gasteiger partial charge in [-0.15, -0.1) is 0 Å². The van der Waals surface area contributed by atoms with Crippen molar-refractivity contribution in [1.29, 1.82) is 0 Å². The van der Waals surface area contributed by atoms with Crippen LogP contribution >= 0.6 is 0 Å². The molecule has 1 aromatic rings. The van der Waals surface area contributed by atoms with Crippen molar-refractivity contribution in [3.63, 3.8) is 0 Å². The third-order valence-corrected chi connectivity index (χ3v) is 3.37. The van der Waals surface area contributed by atoms with Crippen molar-refractivity contribution in [3.05, 3.63) is 30.1 Å². The summed E-state index contributed by atoms with van der Waals surface area (Å²) in [7, 11) is 3.50. The first-order valence-electron chi connectivity index (χ1n) is 6.25. The van der Waals surface area contributed by atoms with Crippen LogP contribution in [0.15, 0.2) is 24.4 Å². The number of nitrogens with zero attached hydrogens (tertiary/aromatic N) is 3. The van der Waals surface area contributed by atoms with Crippen LogP contribution in [0.1, 0.15) is 10.5 Å². The van der Waals surface area contributed by atoms with E-state index in [1.807, 2.05) is 11.9 Å². The Bertz CT molecular complexity index is 463. The first-order valence-corrected chi connectivity index (χ1v) is 6.25. The van der Waals surface area contributed by atoms with Gasteiger partial charge in [-0.25, -0.2) is 0 Å². The molecule has 2 heterocycles. The van der Waals surface area contributed by atoms with Crippen LogP contribution in [-0.2, 0) is 4.79 Å². The molecule has 0 aromatic carbocycles. The van der Waals surface area contributed by atoms with Crippen LogP contribution in [-0.4, -0.2) is 66.4 Å². The molecule has 6 heteroatoms. The van der Waals surface area contributed by atoms with Gasteiger partial charge in [0, 0.05) is 32.9 Å². The topological polar surface area (TPSA) is 65.5 Å². The summed E-state index contributed by atoms with van der Waals surface area (Å²) in [6, 6.07) is 4.95. The van der Waals surface area contributed by atoms with Gasteiger partial charge in [0.05, 0.1) is 0 Å². The molecule has 1 N–H and O–H groups in total. The molecule has 0 radical (unpaired) electrons. The maximum absolute atomic E-state index is 12.3. The first-order chi connectivity index (χ1) is 9.13. The maximum atomic E-state index is 12.3. The Morgan fingerprint density at radius 1 is 1.37 bits per heavy atom. The lowest BCUT2D eigenvalue weighted by molar-refractivity contribution is -0.127. The molecule has 1 aliphatic heterocycles. The van der Waals surface area contributed by atoms with Crippen LogP contribution in [0.3, 0.4) is 0 Å². The molecule has 0 saturated carbocycles.